The maximum atomic E-state index is 12.4. The summed E-state index contributed by atoms with van der Waals surface area (Å²) >= 11 is 0. The van der Waals surface area contributed by atoms with E-state index in [1.807, 2.05) is 44.2 Å². The third kappa shape index (κ3) is 3.15. The first kappa shape index (κ1) is 16.2. The molecule has 1 aromatic heterocycles. The zero-order valence-electron chi connectivity index (χ0n) is 14.0. The Morgan fingerprint density at radius 1 is 1.12 bits per heavy atom. The number of anilines is 1. The third-order valence-electron chi connectivity index (χ3n) is 4.01. The first-order chi connectivity index (χ1) is 11.5. The number of amides is 1. The van der Waals surface area contributed by atoms with E-state index in [-0.39, 0.29) is 11.3 Å². The Labute approximate surface area is 141 Å². The van der Waals surface area contributed by atoms with Crippen molar-refractivity contribution in [1.82, 2.24) is 9.97 Å². The molecule has 0 N–H and O–H groups in total. The molecule has 122 valence electrons. The van der Waals surface area contributed by atoms with E-state index in [2.05, 4.69) is 21.8 Å². The summed E-state index contributed by atoms with van der Waals surface area (Å²) in [7, 11) is 1.55. The first-order valence-electron chi connectivity index (χ1n) is 7.74. The summed E-state index contributed by atoms with van der Waals surface area (Å²) < 4.78 is 5.33. The molecule has 24 heavy (non-hydrogen) atoms. The van der Waals surface area contributed by atoms with E-state index in [1.165, 1.54) is 0 Å². The van der Waals surface area contributed by atoms with Crippen molar-refractivity contribution in [3.8, 4) is 11.8 Å². The molecule has 1 unspecified atom stereocenters. The van der Waals surface area contributed by atoms with Crippen LogP contribution in [0.25, 0.3) is 0 Å². The molecule has 1 fully saturated rings. The van der Waals surface area contributed by atoms with Crippen LogP contribution in [0.3, 0.4) is 0 Å². The van der Waals surface area contributed by atoms with Crippen LogP contribution in [0.2, 0.25) is 0 Å². The minimum absolute atomic E-state index is 0.106. The number of carbonyl (C=O) groups is 1. The highest BCUT2D eigenvalue weighted by molar-refractivity contribution is 5.98. The van der Waals surface area contributed by atoms with Gasteiger partial charge in [0.15, 0.2) is 0 Å². The van der Waals surface area contributed by atoms with Gasteiger partial charge in [-0.25, -0.2) is 9.97 Å². The van der Waals surface area contributed by atoms with Gasteiger partial charge in [-0.3, -0.25) is 9.69 Å². The van der Waals surface area contributed by atoms with E-state index in [0.717, 1.165) is 5.56 Å². The Balaban J connectivity index is 1.78. The average Bonchev–Trinajstić information content (AvgIpc) is 2.83. The molecule has 1 saturated heterocycles. The fourth-order valence-electron chi connectivity index (χ4n) is 2.82. The molecule has 1 aromatic carbocycles. The Kier molecular flexibility index (Phi) is 4.32. The maximum Gasteiger partial charge on any atom is 0.259 e. The number of nitrogens with zero attached hydrogens (tertiary/aromatic N) is 3. The highest BCUT2D eigenvalue weighted by Gasteiger charge is 2.47. The van der Waals surface area contributed by atoms with E-state index in [4.69, 9.17) is 4.74 Å². The van der Waals surface area contributed by atoms with Crippen LogP contribution in [0.5, 0.6) is 0 Å². The lowest BCUT2D eigenvalue weighted by Crippen LogP contribution is -2.33. The molecule has 0 spiro atoms. The van der Waals surface area contributed by atoms with Crippen molar-refractivity contribution in [2.24, 2.45) is 5.41 Å². The molecule has 1 atom stereocenters. The summed E-state index contributed by atoms with van der Waals surface area (Å²) in [6, 6.07) is 9.72. The van der Waals surface area contributed by atoms with Crippen molar-refractivity contribution in [1.29, 1.82) is 0 Å². The largest absolute Gasteiger partial charge is 0.371 e. The standard InChI is InChI=1S/C19H19N3O2/c1-19(2)13-22(17(23)16(19)24-3)18-20-11-15(12-21-18)10-9-14-7-5-4-6-8-14/h4-8,11-12,16H,13H2,1-3H3. The molecule has 5 heteroatoms. The van der Waals surface area contributed by atoms with Crippen LogP contribution in [-0.4, -0.2) is 35.6 Å². The van der Waals surface area contributed by atoms with Gasteiger partial charge in [-0.1, -0.05) is 43.9 Å². The van der Waals surface area contributed by atoms with E-state index in [0.29, 0.717) is 18.1 Å². The van der Waals surface area contributed by atoms with Crippen molar-refractivity contribution in [3.05, 3.63) is 53.9 Å². The van der Waals surface area contributed by atoms with Gasteiger partial charge < -0.3 is 4.74 Å². The SMILES string of the molecule is COC1C(=O)N(c2ncc(C#Cc3ccccc3)cn2)CC1(C)C. The normalized spacial score (nSPS) is 19.0. The number of ether oxygens (including phenoxy) is 1. The summed E-state index contributed by atoms with van der Waals surface area (Å²) in [5, 5.41) is 0. The van der Waals surface area contributed by atoms with E-state index in [9.17, 15) is 4.79 Å². The zero-order valence-corrected chi connectivity index (χ0v) is 14.0. The first-order valence-corrected chi connectivity index (χ1v) is 7.74. The van der Waals surface area contributed by atoms with Crippen LogP contribution in [-0.2, 0) is 9.53 Å². The second-order valence-electron chi connectivity index (χ2n) is 6.42. The van der Waals surface area contributed by atoms with Gasteiger partial charge in [0.05, 0.1) is 5.56 Å². The minimum atomic E-state index is -0.473. The van der Waals surface area contributed by atoms with E-state index in [1.54, 1.807) is 24.4 Å². The number of aromatic nitrogens is 2. The number of methoxy groups -OCH3 is 1. The van der Waals surface area contributed by atoms with Crippen LogP contribution in [0.15, 0.2) is 42.7 Å². The third-order valence-corrected chi connectivity index (χ3v) is 4.01. The Hall–Kier alpha value is -2.71. The van der Waals surface area contributed by atoms with Gasteiger partial charge in [0.2, 0.25) is 5.95 Å². The van der Waals surface area contributed by atoms with E-state index >= 15 is 0 Å². The van der Waals surface area contributed by atoms with Gasteiger partial charge in [0.1, 0.15) is 6.10 Å². The molecule has 0 bridgehead atoms. The highest BCUT2D eigenvalue weighted by atomic mass is 16.5. The lowest BCUT2D eigenvalue weighted by molar-refractivity contribution is -0.128. The van der Waals surface area contributed by atoms with Gasteiger partial charge >= 0.3 is 0 Å². The predicted octanol–water partition coefficient (Wildman–Crippen LogP) is 2.26. The molecule has 0 aliphatic carbocycles. The number of hydrogen-bond donors (Lipinski definition) is 0. The summed E-state index contributed by atoms with van der Waals surface area (Å²) in [5.41, 5.74) is 1.36. The lowest BCUT2D eigenvalue weighted by Gasteiger charge is -2.21. The molecule has 5 nitrogen and oxygen atoms in total. The second kappa shape index (κ2) is 6.42. The molecule has 2 aromatic rings. The minimum Gasteiger partial charge on any atom is -0.371 e. The summed E-state index contributed by atoms with van der Waals surface area (Å²) in [4.78, 5) is 22.6. The highest BCUT2D eigenvalue weighted by Crippen LogP contribution is 2.34. The fraction of sp³-hybridized carbons (Fsp3) is 0.316. The smallest absolute Gasteiger partial charge is 0.259 e. The molecule has 3 rings (SSSR count). The van der Waals surface area contributed by atoms with Crippen molar-refractivity contribution in [3.63, 3.8) is 0 Å². The van der Waals surface area contributed by atoms with E-state index < -0.39 is 6.10 Å². The molecule has 1 amide bonds. The summed E-state index contributed by atoms with van der Waals surface area (Å²) in [5.74, 6) is 6.36. The topological polar surface area (TPSA) is 55.3 Å². The molecule has 0 radical (unpaired) electrons. The molecule has 0 saturated carbocycles. The quantitative estimate of drug-likeness (QED) is 0.796. The predicted molar refractivity (Wildman–Crippen MR) is 91.4 cm³/mol. The molecular weight excluding hydrogens is 302 g/mol. The second-order valence-corrected chi connectivity index (χ2v) is 6.42. The van der Waals surface area contributed by atoms with Crippen molar-refractivity contribution in [2.45, 2.75) is 20.0 Å². The van der Waals surface area contributed by atoms with Gasteiger partial charge in [0, 0.05) is 37.0 Å². The number of rotatable bonds is 2. The van der Waals surface area contributed by atoms with Gasteiger partial charge in [-0.15, -0.1) is 0 Å². The van der Waals surface area contributed by atoms with Crippen LogP contribution in [0.4, 0.5) is 5.95 Å². The maximum absolute atomic E-state index is 12.4. The van der Waals surface area contributed by atoms with Crippen molar-refractivity contribution >= 4 is 11.9 Å². The number of benzene rings is 1. The van der Waals surface area contributed by atoms with Gasteiger partial charge in [0.25, 0.3) is 5.91 Å². The van der Waals surface area contributed by atoms with Crippen LogP contribution < -0.4 is 4.90 Å². The monoisotopic (exact) mass is 321 g/mol. The molecule has 1 aliphatic heterocycles. The lowest BCUT2D eigenvalue weighted by atomic mass is 9.90. The van der Waals surface area contributed by atoms with Crippen LogP contribution >= 0.6 is 0 Å². The van der Waals surface area contributed by atoms with Crippen LogP contribution in [0.1, 0.15) is 25.0 Å². The van der Waals surface area contributed by atoms with Crippen LogP contribution in [0, 0.1) is 17.3 Å². The molecular formula is C19H19N3O2. The average molecular weight is 321 g/mol. The zero-order chi connectivity index (χ0) is 17.2. The van der Waals surface area contributed by atoms with Gasteiger partial charge in [-0.05, 0) is 12.1 Å². The van der Waals surface area contributed by atoms with Gasteiger partial charge in [-0.2, -0.15) is 0 Å². The summed E-state index contributed by atoms with van der Waals surface area (Å²) in [6.07, 6.45) is 2.80. The fourth-order valence-corrected chi connectivity index (χ4v) is 2.82. The Bertz CT molecular complexity index is 789. The number of hydrogen-bond acceptors (Lipinski definition) is 4. The Morgan fingerprint density at radius 3 is 2.33 bits per heavy atom. The van der Waals surface area contributed by atoms with Crippen molar-refractivity contribution < 1.29 is 9.53 Å². The summed E-state index contributed by atoms with van der Waals surface area (Å²) in [6.45, 7) is 4.52. The molecule has 1 aliphatic rings. The molecule has 2 heterocycles. The Morgan fingerprint density at radius 2 is 1.75 bits per heavy atom. The number of carbonyl (C=O) groups excluding carboxylic acids is 1. The van der Waals surface area contributed by atoms with Crippen molar-refractivity contribution in [2.75, 3.05) is 18.6 Å².